The molecule has 1 aliphatic carbocycles. The fourth-order valence-corrected chi connectivity index (χ4v) is 3.27. The molecule has 0 bridgehead atoms. The first kappa shape index (κ1) is 19.4. The number of benzene rings is 1. The number of nitrogens with zero attached hydrogens (tertiary/aromatic N) is 1. The molecule has 0 saturated heterocycles. The Hall–Kier alpha value is -1.88. The first-order valence-electron chi connectivity index (χ1n) is 9.37. The molecule has 0 atom stereocenters. The van der Waals surface area contributed by atoms with Crippen molar-refractivity contribution in [1.82, 2.24) is 10.2 Å². The van der Waals surface area contributed by atoms with Crippen molar-refractivity contribution in [3.63, 3.8) is 0 Å². The highest BCUT2D eigenvalue weighted by atomic mass is 16.2. The van der Waals surface area contributed by atoms with Gasteiger partial charge in [0.1, 0.15) is 0 Å². The zero-order valence-electron chi connectivity index (χ0n) is 15.5. The van der Waals surface area contributed by atoms with Crippen LogP contribution in [0.5, 0.6) is 0 Å². The number of rotatable bonds is 8. The average molecular weight is 345 g/mol. The molecule has 1 fully saturated rings. The second-order valence-electron chi connectivity index (χ2n) is 7.23. The quantitative estimate of drug-likeness (QED) is 0.760. The molecular weight excluding hydrogens is 314 g/mol. The van der Waals surface area contributed by atoms with Gasteiger partial charge < -0.3 is 15.5 Å². The third-order valence-corrected chi connectivity index (χ3v) is 4.76. The molecule has 1 aromatic carbocycles. The summed E-state index contributed by atoms with van der Waals surface area (Å²) in [6, 6.07) is 7.14. The summed E-state index contributed by atoms with van der Waals surface area (Å²) in [6.45, 7) is 1.40. The Kier molecular flexibility index (Phi) is 7.92. The van der Waals surface area contributed by atoms with E-state index in [2.05, 4.69) is 10.6 Å². The predicted octanol–water partition coefficient (Wildman–Crippen LogP) is 3.28. The third-order valence-electron chi connectivity index (χ3n) is 4.76. The Morgan fingerprint density at radius 1 is 1.16 bits per heavy atom. The van der Waals surface area contributed by atoms with E-state index >= 15 is 0 Å². The zero-order chi connectivity index (χ0) is 18.1. The molecule has 5 nitrogen and oxygen atoms in total. The maximum absolute atomic E-state index is 12.2. The van der Waals surface area contributed by atoms with Crippen molar-refractivity contribution in [3.8, 4) is 0 Å². The van der Waals surface area contributed by atoms with Gasteiger partial charge in [0, 0.05) is 30.8 Å². The molecule has 1 aromatic rings. The molecule has 0 heterocycles. The van der Waals surface area contributed by atoms with Gasteiger partial charge in [0.05, 0.1) is 0 Å². The van der Waals surface area contributed by atoms with Gasteiger partial charge >= 0.3 is 0 Å². The molecule has 5 heteroatoms. The minimum Gasteiger partial charge on any atom is -0.351 e. The van der Waals surface area contributed by atoms with Crippen LogP contribution in [0.25, 0.3) is 0 Å². The lowest BCUT2D eigenvalue weighted by Crippen LogP contribution is -2.31. The van der Waals surface area contributed by atoms with E-state index in [-0.39, 0.29) is 11.8 Å². The van der Waals surface area contributed by atoms with Gasteiger partial charge in [-0.2, -0.15) is 0 Å². The van der Waals surface area contributed by atoms with E-state index in [1.807, 2.05) is 25.1 Å². The van der Waals surface area contributed by atoms with Crippen molar-refractivity contribution < 1.29 is 9.59 Å². The molecule has 138 valence electrons. The van der Waals surface area contributed by atoms with E-state index in [0.717, 1.165) is 13.0 Å². The monoisotopic (exact) mass is 345 g/mol. The van der Waals surface area contributed by atoms with Gasteiger partial charge in [-0.15, -0.1) is 0 Å². The molecule has 2 N–H and O–H groups in total. The molecule has 0 radical (unpaired) electrons. The van der Waals surface area contributed by atoms with Crippen LogP contribution >= 0.6 is 0 Å². The summed E-state index contributed by atoms with van der Waals surface area (Å²) in [5.74, 6) is 0.629. The lowest BCUT2D eigenvalue weighted by molar-refractivity contribution is -0.116. The maximum atomic E-state index is 12.2. The first-order chi connectivity index (χ1) is 12.0. The fourth-order valence-electron chi connectivity index (χ4n) is 3.27. The predicted molar refractivity (Wildman–Crippen MR) is 102 cm³/mol. The topological polar surface area (TPSA) is 61.4 Å². The molecule has 0 unspecified atom stereocenters. The largest absolute Gasteiger partial charge is 0.351 e. The Morgan fingerprint density at radius 2 is 1.92 bits per heavy atom. The van der Waals surface area contributed by atoms with E-state index < -0.39 is 0 Å². The fraction of sp³-hybridized carbons (Fsp3) is 0.600. The van der Waals surface area contributed by atoms with Crippen molar-refractivity contribution in [2.24, 2.45) is 5.92 Å². The van der Waals surface area contributed by atoms with E-state index in [1.54, 1.807) is 18.2 Å². The number of carbonyl (C=O) groups is 2. The van der Waals surface area contributed by atoms with Crippen LogP contribution in [0.1, 0.15) is 55.3 Å². The van der Waals surface area contributed by atoms with Crippen LogP contribution in [-0.2, 0) is 4.79 Å². The van der Waals surface area contributed by atoms with Gasteiger partial charge in [-0.3, -0.25) is 9.59 Å². The molecular formula is C20H31N3O2. The summed E-state index contributed by atoms with van der Waals surface area (Å²) in [6.07, 6.45) is 7.99. The van der Waals surface area contributed by atoms with Crippen molar-refractivity contribution >= 4 is 17.5 Å². The van der Waals surface area contributed by atoms with Crippen LogP contribution < -0.4 is 10.6 Å². The van der Waals surface area contributed by atoms with Gasteiger partial charge in [0.15, 0.2) is 0 Å². The lowest BCUT2D eigenvalue weighted by atomic mass is 9.86. The SMILES string of the molecule is CN(C)CCNC(=O)c1cccc(NC(=O)CCC2CCCCC2)c1. The van der Waals surface area contributed by atoms with Crippen molar-refractivity contribution in [1.29, 1.82) is 0 Å². The second kappa shape index (κ2) is 10.2. The number of likely N-dealkylation sites (N-methyl/N-ethyl adjacent to an activating group) is 1. The minimum atomic E-state index is -0.111. The van der Waals surface area contributed by atoms with Gasteiger partial charge in [0.25, 0.3) is 5.91 Å². The summed E-state index contributed by atoms with van der Waals surface area (Å²) >= 11 is 0. The molecule has 2 rings (SSSR count). The van der Waals surface area contributed by atoms with Crippen LogP contribution in [0, 0.1) is 5.92 Å². The standard InChI is InChI=1S/C20H31N3O2/c1-23(2)14-13-21-20(25)17-9-6-10-18(15-17)22-19(24)12-11-16-7-4-3-5-8-16/h6,9-10,15-16H,3-5,7-8,11-14H2,1-2H3,(H,21,25)(H,22,24). The van der Waals surface area contributed by atoms with Gasteiger partial charge in [-0.25, -0.2) is 0 Å². The van der Waals surface area contributed by atoms with Crippen LogP contribution in [0.2, 0.25) is 0 Å². The van der Waals surface area contributed by atoms with Crippen LogP contribution in [-0.4, -0.2) is 43.9 Å². The third kappa shape index (κ3) is 7.26. The smallest absolute Gasteiger partial charge is 0.251 e. The Bertz CT molecular complexity index is 566. The molecule has 25 heavy (non-hydrogen) atoms. The van der Waals surface area contributed by atoms with Gasteiger partial charge in [-0.05, 0) is 44.6 Å². The number of carbonyl (C=O) groups excluding carboxylic acids is 2. The lowest BCUT2D eigenvalue weighted by Gasteiger charge is -2.21. The van der Waals surface area contributed by atoms with Crippen molar-refractivity contribution in [2.45, 2.75) is 44.9 Å². The Morgan fingerprint density at radius 3 is 2.64 bits per heavy atom. The Labute approximate surface area is 151 Å². The molecule has 0 aromatic heterocycles. The summed E-state index contributed by atoms with van der Waals surface area (Å²) in [7, 11) is 3.94. The number of hydrogen-bond donors (Lipinski definition) is 2. The van der Waals surface area contributed by atoms with E-state index in [4.69, 9.17) is 0 Å². The normalized spacial score (nSPS) is 15.2. The molecule has 1 aliphatic rings. The molecule has 0 spiro atoms. The first-order valence-corrected chi connectivity index (χ1v) is 9.37. The number of amides is 2. The van der Waals surface area contributed by atoms with Crippen molar-refractivity contribution in [3.05, 3.63) is 29.8 Å². The van der Waals surface area contributed by atoms with E-state index in [1.165, 1.54) is 32.1 Å². The van der Waals surface area contributed by atoms with Gasteiger partial charge in [0.2, 0.25) is 5.91 Å². The summed E-state index contributed by atoms with van der Waals surface area (Å²) in [5.41, 5.74) is 1.26. The van der Waals surface area contributed by atoms with Crippen LogP contribution in [0.4, 0.5) is 5.69 Å². The minimum absolute atomic E-state index is 0.0377. The van der Waals surface area contributed by atoms with Gasteiger partial charge in [-0.1, -0.05) is 38.2 Å². The number of nitrogens with one attached hydrogen (secondary N) is 2. The second-order valence-corrected chi connectivity index (χ2v) is 7.23. The van der Waals surface area contributed by atoms with E-state index in [0.29, 0.717) is 30.1 Å². The van der Waals surface area contributed by atoms with Crippen LogP contribution in [0.15, 0.2) is 24.3 Å². The highest BCUT2D eigenvalue weighted by Gasteiger charge is 2.15. The Balaban J connectivity index is 1.79. The summed E-state index contributed by atoms with van der Waals surface area (Å²) in [4.78, 5) is 26.3. The zero-order valence-corrected chi connectivity index (χ0v) is 15.5. The van der Waals surface area contributed by atoms with Crippen LogP contribution in [0.3, 0.4) is 0 Å². The van der Waals surface area contributed by atoms with E-state index in [9.17, 15) is 9.59 Å². The van der Waals surface area contributed by atoms with Crippen molar-refractivity contribution in [2.75, 3.05) is 32.5 Å². The summed E-state index contributed by atoms with van der Waals surface area (Å²) in [5, 5.41) is 5.81. The molecule has 0 aliphatic heterocycles. The highest BCUT2D eigenvalue weighted by molar-refractivity contribution is 5.97. The average Bonchev–Trinajstić information content (AvgIpc) is 2.61. The maximum Gasteiger partial charge on any atom is 0.251 e. The molecule has 1 saturated carbocycles. The summed E-state index contributed by atoms with van der Waals surface area (Å²) < 4.78 is 0. The highest BCUT2D eigenvalue weighted by Crippen LogP contribution is 2.27. The molecule has 2 amide bonds. The number of hydrogen-bond acceptors (Lipinski definition) is 3. The number of anilines is 1.